The predicted octanol–water partition coefficient (Wildman–Crippen LogP) is -0.578. The van der Waals surface area contributed by atoms with Crippen LogP contribution in [0.1, 0.15) is 20.8 Å². The van der Waals surface area contributed by atoms with Crippen LogP contribution in [-0.2, 0) is 0 Å². The number of hydrogen-bond donors (Lipinski definition) is 2. The third-order valence-corrected chi connectivity index (χ3v) is 4.21. The van der Waals surface area contributed by atoms with Gasteiger partial charge in [0, 0.05) is 23.3 Å². The molecule has 1 atom stereocenters. The lowest BCUT2D eigenvalue weighted by Crippen LogP contribution is -2.63. The largest absolute Gasteiger partial charge is 0.317 e. The highest BCUT2D eigenvalue weighted by atomic mass is 28.1. The molecule has 14 heavy (non-hydrogen) atoms. The molecule has 0 aromatic rings. The smallest absolute Gasteiger partial charge is 0.0618 e. The first-order valence-electron chi connectivity index (χ1n) is 5.58. The molecule has 2 N–H and O–H groups in total. The maximum Gasteiger partial charge on any atom is 0.0618 e. The van der Waals surface area contributed by atoms with Gasteiger partial charge < -0.3 is 10.6 Å². The minimum absolute atomic E-state index is 0.202. The first kappa shape index (κ1) is 14.1. The first-order chi connectivity index (χ1) is 6.50. The number of nitrogens with one attached hydrogen (secondary N) is 2. The molecule has 4 heteroatoms. The van der Waals surface area contributed by atoms with Gasteiger partial charge in [0.25, 0.3) is 0 Å². The molecule has 0 bridgehead atoms. The highest BCUT2D eigenvalue weighted by Crippen LogP contribution is 2.09. The fourth-order valence-electron chi connectivity index (χ4n) is 1.82. The van der Waals surface area contributed by atoms with Crippen LogP contribution < -0.4 is 10.6 Å². The lowest BCUT2D eigenvalue weighted by molar-refractivity contribution is 0.126. The molecule has 0 aromatic heterocycles. The summed E-state index contributed by atoms with van der Waals surface area (Å²) in [6.07, 6.45) is 0. The molecule has 0 saturated carbocycles. The number of nitrogens with zero attached hydrogens (tertiary/aromatic N) is 1. The van der Waals surface area contributed by atoms with Gasteiger partial charge in [-0.3, -0.25) is 4.90 Å². The molecule has 0 heterocycles. The van der Waals surface area contributed by atoms with E-state index in [0.29, 0.717) is 0 Å². The molecule has 0 aromatic carbocycles. The summed E-state index contributed by atoms with van der Waals surface area (Å²) in [6, 6.07) is 0. The fourth-order valence-corrected chi connectivity index (χ4v) is 2.68. The molecular formula is C10H27N3Si. The van der Waals surface area contributed by atoms with E-state index >= 15 is 0 Å². The summed E-state index contributed by atoms with van der Waals surface area (Å²) in [5.41, 5.74) is 0. The van der Waals surface area contributed by atoms with Crippen molar-refractivity contribution in [3.63, 3.8) is 0 Å². The summed E-state index contributed by atoms with van der Waals surface area (Å²) >= 11 is 0. The van der Waals surface area contributed by atoms with Crippen LogP contribution >= 0.6 is 0 Å². The summed E-state index contributed by atoms with van der Waals surface area (Å²) in [6.45, 7) is 10.1. The zero-order valence-corrected chi connectivity index (χ0v) is 12.6. The van der Waals surface area contributed by atoms with E-state index in [4.69, 9.17) is 0 Å². The van der Waals surface area contributed by atoms with Crippen molar-refractivity contribution in [1.29, 1.82) is 0 Å². The quantitative estimate of drug-likeness (QED) is 0.441. The Morgan fingerprint density at radius 2 is 1.93 bits per heavy atom. The van der Waals surface area contributed by atoms with Gasteiger partial charge in [-0.05, 0) is 26.6 Å². The molecule has 86 valence electrons. The van der Waals surface area contributed by atoms with Gasteiger partial charge in [0.15, 0.2) is 0 Å². The van der Waals surface area contributed by atoms with E-state index < -0.39 is 0 Å². The Kier molecular flexibility index (Phi) is 6.60. The summed E-state index contributed by atoms with van der Waals surface area (Å²) < 4.78 is 0. The van der Waals surface area contributed by atoms with Gasteiger partial charge in [-0.15, -0.1) is 0 Å². The van der Waals surface area contributed by atoms with E-state index in [1.165, 1.54) is 6.54 Å². The van der Waals surface area contributed by atoms with Gasteiger partial charge in [0.2, 0.25) is 0 Å². The molecule has 0 rings (SSSR count). The van der Waals surface area contributed by atoms with Crippen molar-refractivity contribution in [2.75, 3.05) is 33.7 Å². The molecule has 0 amide bonds. The van der Waals surface area contributed by atoms with Crippen molar-refractivity contribution >= 4 is 10.2 Å². The maximum absolute atomic E-state index is 3.46. The Hall–Kier alpha value is 0.0969. The molecule has 0 aliphatic rings. The standard InChI is InChI=1S/C10H27N3Si/c1-6-13(7-9(2)3)10(14,12-5)8-11-4/h9,11-12H,6-8H2,1-5,14H3. The summed E-state index contributed by atoms with van der Waals surface area (Å²) in [7, 11) is 5.21. The molecule has 0 saturated heterocycles. The SMILES string of the molecule is CCN(CC(C)C)C([SiH3])(CNC)NC. The van der Waals surface area contributed by atoms with Crippen LogP contribution in [0, 0.1) is 5.92 Å². The fraction of sp³-hybridized carbons (Fsp3) is 1.00. The Balaban J connectivity index is 4.41. The first-order valence-corrected chi connectivity index (χ1v) is 6.58. The van der Waals surface area contributed by atoms with Gasteiger partial charge in [0.05, 0.1) is 5.29 Å². The molecular weight excluding hydrogens is 190 g/mol. The van der Waals surface area contributed by atoms with Crippen LogP contribution in [0.5, 0.6) is 0 Å². The van der Waals surface area contributed by atoms with Gasteiger partial charge in [-0.25, -0.2) is 0 Å². The number of hydrogen-bond acceptors (Lipinski definition) is 3. The van der Waals surface area contributed by atoms with Crippen LogP contribution in [0.2, 0.25) is 0 Å². The van der Waals surface area contributed by atoms with Crippen molar-refractivity contribution in [3.05, 3.63) is 0 Å². The Labute approximate surface area is 92.1 Å². The average Bonchev–Trinajstić information content (AvgIpc) is 2.14. The molecule has 1 unspecified atom stereocenters. The second-order valence-electron chi connectivity index (χ2n) is 4.49. The number of rotatable bonds is 7. The van der Waals surface area contributed by atoms with E-state index in [1.807, 2.05) is 7.05 Å². The Morgan fingerprint density at radius 1 is 1.36 bits per heavy atom. The normalized spacial score (nSPS) is 16.5. The van der Waals surface area contributed by atoms with Crippen molar-refractivity contribution in [3.8, 4) is 0 Å². The third-order valence-electron chi connectivity index (χ3n) is 2.72. The van der Waals surface area contributed by atoms with Crippen molar-refractivity contribution in [1.82, 2.24) is 15.5 Å². The second kappa shape index (κ2) is 6.56. The van der Waals surface area contributed by atoms with Crippen molar-refractivity contribution in [2.45, 2.75) is 26.1 Å². The van der Waals surface area contributed by atoms with Gasteiger partial charge >= 0.3 is 0 Å². The van der Waals surface area contributed by atoms with E-state index in [0.717, 1.165) is 29.2 Å². The summed E-state index contributed by atoms with van der Waals surface area (Å²) in [4.78, 5) is 2.54. The van der Waals surface area contributed by atoms with E-state index in [1.54, 1.807) is 0 Å². The minimum Gasteiger partial charge on any atom is -0.317 e. The number of likely N-dealkylation sites (N-methyl/N-ethyl adjacent to an activating group) is 3. The zero-order valence-electron chi connectivity index (χ0n) is 10.6. The van der Waals surface area contributed by atoms with Gasteiger partial charge in [0.1, 0.15) is 0 Å². The van der Waals surface area contributed by atoms with Crippen molar-refractivity contribution < 1.29 is 0 Å². The second-order valence-corrected chi connectivity index (χ2v) is 6.14. The molecule has 0 spiro atoms. The van der Waals surface area contributed by atoms with Crippen LogP contribution in [0.4, 0.5) is 0 Å². The third kappa shape index (κ3) is 4.08. The lowest BCUT2D eigenvalue weighted by Gasteiger charge is -2.42. The molecule has 0 fully saturated rings. The van der Waals surface area contributed by atoms with Crippen LogP contribution in [0.3, 0.4) is 0 Å². The average molecular weight is 217 g/mol. The Bertz CT molecular complexity index is 152. The van der Waals surface area contributed by atoms with Gasteiger partial charge in [-0.2, -0.15) is 0 Å². The Morgan fingerprint density at radius 3 is 2.21 bits per heavy atom. The predicted molar refractivity (Wildman–Crippen MR) is 67.7 cm³/mol. The molecule has 0 aliphatic carbocycles. The van der Waals surface area contributed by atoms with Crippen LogP contribution in [0.15, 0.2) is 0 Å². The van der Waals surface area contributed by atoms with E-state index in [9.17, 15) is 0 Å². The lowest BCUT2D eigenvalue weighted by atomic mass is 10.2. The van der Waals surface area contributed by atoms with Crippen LogP contribution in [0.25, 0.3) is 0 Å². The van der Waals surface area contributed by atoms with Gasteiger partial charge in [-0.1, -0.05) is 20.8 Å². The maximum atomic E-state index is 3.46. The van der Waals surface area contributed by atoms with E-state index in [2.05, 4.69) is 43.4 Å². The highest BCUT2D eigenvalue weighted by molar-refractivity contribution is 6.15. The topological polar surface area (TPSA) is 27.3 Å². The molecule has 3 nitrogen and oxygen atoms in total. The van der Waals surface area contributed by atoms with E-state index in [-0.39, 0.29) is 5.29 Å². The zero-order chi connectivity index (χ0) is 11.2. The summed E-state index contributed by atoms with van der Waals surface area (Å²) in [5.74, 6) is 0.730. The molecule has 0 radical (unpaired) electrons. The highest BCUT2D eigenvalue weighted by Gasteiger charge is 2.27. The molecule has 0 aliphatic heterocycles. The van der Waals surface area contributed by atoms with Crippen LogP contribution in [-0.4, -0.2) is 54.2 Å². The summed E-state index contributed by atoms with van der Waals surface area (Å²) in [5, 5.41) is 6.94. The monoisotopic (exact) mass is 217 g/mol. The minimum atomic E-state index is 0.202. The van der Waals surface area contributed by atoms with Crippen molar-refractivity contribution in [2.24, 2.45) is 5.92 Å².